The maximum Gasteiger partial charge on any atom is 0.265 e. The number of nitrogen functional groups attached to an aromatic ring is 1. The van der Waals surface area contributed by atoms with Crippen molar-refractivity contribution in [2.24, 2.45) is 0 Å². The standard InChI is InChI=1S/C14H25N3O2S/c1-7-8-17(6)14-11(19-9(2)3)10(15)12(20-14)13(18)16(4)5/h9H,7-8,15H2,1-6H3. The molecule has 5 nitrogen and oxygen atoms in total. The Morgan fingerprint density at radius 3 is 2.40 bits per heavy atom. The van der Waals surface area contributed by atoms with Crippen LogP contribution in [0.4, 0.5) is 10.7 Å². The van der Waals surface area contributed by atoms with E-state index >= 15 is 0 Å². The molecule has 0 atom stereocenters. The number of amides is 1. The zero-order valence-corrected chi connectivity index (χ0v) is 14.0. The summed E-state index contributed by atoms with van der Waals surface area (Å²) in [6.07, 6.45) is 1.04. The predicted molar refractivity (Wildman–Crippen MR) is 86.1 cm³/mol. The van der Waals surface area contributed by atoms with E-state index in [0.717, 1.165) is 18.0 Å². The Morgan fingerprint density at radius 1 is 1.35 bits per heavy atom. The maximum absolute atomic E-state index is 12.2. The SMILES string of the molecule is CCCN(C)c1sc(C(=O)N(C)C)c(N)c1OC(C)C. The van der Waals surface area contributed by atoms with Gasteiger partial charge in [-0.1, -0.05) is 6.92 Å². The molecule has 1 aromatic rings. The van der Waals surface area contributed by atoms with Crippen LogP contribution in [-0.2, 0) is 0 Å². The summed E-state index contributed by atoms with van der Waals surface area (Å²) in [5.41, 5.74) is 6.58. The van der Waals surface area contributed by atoms with Crippen LogP contribution in [0.3, 0.4) is 0 Å². The van der Waals surface area contributed by atoms with Gasteiger partial charge in [0, 0.05) is 27.7 Å². The molecule has 0 aromatic carbocycles. The average molecular weight is 299 g/mol. The molecule has 6 heteroatoms. The summed E-state index contributed by atoms with van der Waals surface area (Å²) in [4.78, 5) is 16.3. The first-order valence-electron chi connectivity index (χ1n) is 6.81. The van der Waals surface area contributed by atoms with Crippen molar-refractivity contribution in [2.45, 2.75) is 33.3 Å². The molecule has 1 heterocycles. The molecule has 1 aromatic heterocycles. The number of thiophene rings is 1. The highest BCUT2D eigenvalue weighted by atomic mass is 32.1. The van der Waals surface area contributed by atoms with Gasteiger partial charge in [0.2, 0.25) is 0 Å². The van der Waals surface area contributed by atoms with Crippen molar-refractivity contribution in [3.8, 4) is 5.75 Å². The summed E-state index contributed by atoms with van der Waals surface area (Å²) in [5.74, 6) is 0.545. The lowest BCUT2D eigenvalue weighted by atomic mass is 10.3. The van der Waals surface area contributed by atoms with Gasteiger partial charge in [-0.05, 0) is 20.3 Å². The predicted octanol–water partition coefficient (Wildman–Crippen LogP) is 2.67. The minimum Gasteiger partial charge on any atom is -0.486 e. The molecule has 2 N–H and O–H groups in total. The molecule has 114 valence electrons. The van der Waals surface area contributed by atoms with Crippen LogP contribution in [-0.4, -0.2) is 44.6 Å². The fourth-order valence-electron chi connectivity index (χ4n) is 1.82. The highest BCUT2D eigenvalue weighted by molar-refractivity contribution is 7.19. The second kappa shape index (κ2) is 6.83. The summed E-state index contributed by atoms with van der Waals surface area (Å²) in [6, 6.07) is 0. The highest BCUT2D eigenvalue weighted by Gasteiger charge is 2.25. The number of hydrogen-bond acceptors (Lipinski definition) is 5. The quantitative estimate of drug-likeness (QED) is 0.877. The molecule has 0 saturated heterocycles. The van der Waals surface area contributed by atoms with E-state index in [4.69, 9.17) is 10.5 Å². The summed E-state index contributed by atoms with van der Waals surface area (Å²) >= 11 is 1.40. The third-order valence-electron chi connectivity index (χ3n) is 2.74. The number of nitrogens with zero attached hydrogens (tertiary/aromatic N) is 2. The van der Waals surface area contributed by atoms with Gasteiger partial charge in [0.25, 0.3) is 5.91 Å². The van der Waals surface area contributed by atoms with Crippen LogP contribution in [0, 0.1) is 0 Å². The van der Waals surface area contributed by atoms with E-state index in [1.807, 2.05) is 20.9 Å². The van der Waals surface area contributed by atoms with E-state index in [0.29, 0.717) is 16.3 Å². The Labute approximate surface area is 125 Å². The molecule has 0 saturated carbocycles. The number of rotatable bonds is 6. The Hall–Kier alpha value is -1.43. The Balaban J connectivity index is 3.26. The second-order valence-corrected chi connectivity index (χ2v) is 6.27. The second-order valence-electron chi connectivity index (χ2n) is 5.27. The number of nitrogens with two attached hydrogens (primary N) is 1. The van der Waals surface area contributed by atoms with E-state index in [1.165, 1.54) is 16.2 Å². The third kappa shape index (κ3) is 3.56. The third-order valence-corrected chi connectivity index (χ3v) is 4.03. The molecule has 0 fully saturated rings. The van der Waals surface area contributed by atoms with Gasteiger partial charge in [-0.25, -0.2) is 0 Å². The van der Waals surface area contributed by atoms with Crippen molar-refractivity contribution < 1.29 is 9.53 Å². The molecule has 0 aliphatic rings. The lowest BCUT2D eigenvalue weighted by molar-refractivity contribution is 0.0833. The summed E-state index contributed by atoms with van der Waals surface area (Å²) in [6.45, 7) is 6.91. The van der Waals surface area contributed by atoms with Crippen LogP contribution < -0.4 is 15.4 Å². The summed E-state index contributed by atoms with van der Waals surface area (Å²) in [7, 11) is 5.44. The molecule has 0 unspecified atom stereocenters. The molecular weight excluding hydrogens is 274 g/mol. The van der Waals surface area contributed by atoms with Gasteiger partial charge in [0.05, 0.1) is 6.10 Å². The Kier molecular flexibility index (Phi) is 5.68. The van der Waals surface area contributed by atoms with Crippen LogP contribution in [0.5, 0.6) is 5.75 Å². The number of anilines is 2. The first kappa shape index (κ1) is 16.6. The Morgan fingerprint density at radius 2 is 1.95 bits per heavy atom. The fraction of sp³-hybridized carbons (Fsp3) is 0.643. The average Bonchev–Trinajstić information content (AvgIpc) is 2.66. The number of hydrogen-bond donors (Lipinski definition) is 1. The van der Waals surface area contributed by atoms with Gasteiger partial charge < -0.3 is 20.3 Å². The van der Waals surface area contributed by atoms with Crippen LogP contribution in [0.1, 0.15) is 36.9 Å². The molecule has 0 aliphatic carbocycles. The van der Waals surface area contributed by atoms with E-state index < -0.39 is 0 Å². The number of carbonyl (C=O) groups is 1. The normalized spacial score (nSPS) is 10.8. The smallest absolute Gasteiger partial charge is 0.265 e. The van der Waals surface area contributed by atoms with Crippen LogP contribution >= 0.6 is 11.3 Å². The molecule has 1 amide bonds. The number of carbonyl (C=O) groups excluding carboxylic acids is 1. The molecule has 0 aliphatic heterocycles. The van der Waals surface area contributed by atoms with Gasteiger partial charge in [0.15, 0.2) is 5.75 Å². The van der Waals surface area contributed by atoms with E-state index in [2.05, 4.69) is 11.8 Å². The van der Waals surface area contributed by atoms with Crippen molar-refractivity contribution in [3.05, 3.63) is 4.88 Å². The highest BCUT2D eigenvalue weighted by Crippen LogP contribution is 2.45. The maximum atomic E-state index is 12.2. The van der Waals surface area contributed by atoms with Crippen molar-refractivity contribution in [1.82, 2.24) is 4.90 Å². The zero-order chi connectivity index (χ0) is 15.4. The lowest BCUT2D eigenvalue weighted by Crippen LogP contribution is -2.21. The molecule has 1 rings (SSSR count). The minimum atomic E-state index is -0.0859. The zero-order valence-electron chi connectivity index (χ0n) is 13.2. The monoisotopic (exact) mass is 299 g/mol. The largest absolute Gasteiger partial charge is 0.486 e. The summed E-state index contributed by atoms with van der Waals surface area (Å²) in [5, 5.41) is 0.920. The molecule has 20 heavy (non-hydrogen) atoms. The summed E-state index contributed by atoms with van der Waals surface area (Å²) < 4.78 is 5.83. The van der Waals surface area contributed by atoms with Gasteiger partial charge >= 0.3 is 0 Å². The molecule has 0 spiro atoms. The van der Waals surface area contributed by atoms with Gasteiger partial charge in [-0.2, -0.15) is 0 Å². The van der Waals surface area contributed by atoms with Crippen molar-refractivity contribution >= 4 is 27.9 Å². The van der Waals surface area contributed by atoms with Gasteiger partial charge in [-0.3, -0.25) is 4.79 Å². The van der Waals surface area contributed by atoms with E-state index in [9.17, 15) is 4.79 Å². The minimum absolute atomic E-state index is 0.0167. The van der Waals surface area contributed by atoms with Crippen LogP contribution in [0.15, 0.2) is 0 Å². The van der Waals surface area contributed by atoms with Gasteiger partial charge in [-0.15, -0.1) is 11.3 Å². The molecule has 0 radical (unpaired) electrons. The van der Waals surface area contributed by atoms with E-state index in [-0.39, 0.29) is 12.0 Å². The number of ether oxygens (including phenoxy) is 1. The Bertz CT molecular complexity index is 469. The van der Waals surface area contributed by atoms with Gasteiger partial charge in [0.1, 0.15) is 15.6 Å². The molecule has 0 bridgehead atoms. The lowest BCUT2D eigenvalue weighted by Gasteiger charge is -2.19. The topological polar surface area (TPSA) is 58.8 Å². The van der Waals surface area contributed by atoms with Crippen molar-refractivity contribution in [1.29, 1.82) is 0 Å². The fourth-order valence-corrected chi connectivity index (χ4v) is 2.98. The van der Waals surface area contributed by atoms with Crippen LogP contribution in [0.25, 0.3) is 0 Å². The first-order valence-corrected chi connectivity index (χ1v) is 7.62. The van der Waals surface area contributed by atoms with Crippen molar-refractivity contribution in [3.63, 3.8) is 0 Å². The van der Waals surface area contributed by atoms with Crippen molar-refractivity contribution in [2.75, 3.05) is 38.3 Å². The molecular formula is C14H25N3O2S. The first-order chi connectivity index (χ1) is 9.29. The van der Waals surface area contributed by atoms with E-state index in [1.54, 1.807) is 14.1 Å². The van der Waals surface area contributed by atoms with Crippen LogP contribution in [0.2, 0.25) is 0 Å².